The molecule has 0 aromatic heterocycles. The molecule has 0 bridgehead atoms. The first-order valence-electron chi connectivity index (χ1n) is 4.10. The Hall–Kier alpha value is -0.660. The maximum atomic E-state index is 6.05. The fourth-order valence-electron chi connectivity index (χ4n) is 1.53. The lowest BCUT2D eigenvalue weighted by Gasteiger charge is -2.22. The molecular weight excluding hydrogens is 205 g/mol. The van der Waals surface area contributed by atoms with Gasteiger partial charge < -0.3 is 5.32 Å². The molecule has 0 saturated heterocycles. The summed E-state index contributed by atoms with van der Waals surface area (Å²) in [5.74, 6) is 0. The zero-order valence-corrected chi connectivity index (χ0v) is 8.54. The third-order valence-electron chi connectivity index (χ3n) is 2.19. The Labute approximate surface area is 87.4 Å². The highest BCUT2D eigenvalue weighted by molar-refractivity contribution is 6.37. The average molecular weight is 214 g/mol. The van der Waals surface area contributed by atoms with Crippen LogP contribution in [0.5, 0.6) is 0 Å². The monoisotopic (exact) mass is 213 g/mol. The summed E-state index contributed by atoms with van der Waals surface area (Å²) < 4.78 is 0. The van der Waals surface area contributed by atoms with Crippen molar-refractivity contribution < 1.29 is 0 Å². The molecule has 13 heavy (non-hydrogen) atoms. The molecule has 0 unspecified atom stereocenters. The van der Waals surface area contributed by atoms with Gasteiger partial charge in [0.15, 0.2) is 0 Å². The smallest absolute Gasteiger partial charge is 0.0644 e. The lowest BCUT2D eigenvalue weighted by Crippen LogP contribution is -2.11. The van der Waals surface area contributed by atoms with Gasteiger partial charge in [0.25, 0.3) is 0 Å². The van der Waals surface area contributed by atoms with Crippen molar-refractivity contribution in [1.82, 2.24) is 0 Å². The van der Waals surface area contributed by atoms with Crippen LogP contribution in [0.1, 0.15) is 12.0 Å². The number of nitrogens with one attached hydrogen (secondary N) is 1. The van der Waals surface area contributed by atoms with Gasteiger partial charge in [-0.15, -0.1) is 0 Å². The molecule has 1 aliphatic heterocycles. The molecule has 1 aromatic rings. The lowest BCUT2D eigenvalue weighted by molar-refractivity contribution is 1.05. The minimum absolute atomic E-state index is 0.709. The zero-order valence-electron chi connectivity index (χ0n) is 7.03. The fraction of sp³-hybridized carbons (Fsp3) is 0.200. The molecule has 0 spiro atoms. The summed E-state index contributed by atoms with van der Waals surface area (Å²) >= 11 is 12.1. The van der Waals surface area contributed by atoms with Gasteiger partial charge in [0.05, 0.1) is 15.7 Å². The molecule has 0 radical (unpaired) electrons. The van der Waals surface area contributed by atoms with Crippen LogP contribution >= 0.6 is 23.2 Å². The van der Waals surface area contributed by atoms with Crippen LogP contribution in [0.25, 0.3) is 5.57 Å². The van der Waals surface area contributed by atoms with E-state index in [0.717, 1.165) is 34.8 Å². The maximum absolute atomic E-state index is 6.05. The van der Waals surface area contributed by atoms with E-state index in [-0.39, 0.29) is 0 Å². The predicted octanol–water partition coefficient (Wildman–Crippen LogP) is 3.82. The summed E-state index contributed by atoms with van der Waals surface area (Å²) in [7, 11) is 0. The number of fused-ring (bicyclic) bond motifs is 1. The van der Waals surface area contributed by atoms with E-state index in [1.54, 1.807) is 12.1 Å². The van der Waals surface area contributed by atoms with Gasteiger partial charge in [0.1, 0.15) is 0 Å². The summed E-state index contributed by atoms with van der Waals surface area (Å²) in [6.45, 7) is 4.86. The van der Waals surface area contributed by atoms with Crippen LogP contribution in [-0.2, 0) is 0 Å². The van der Waals surface area contributed by atoms with Crippen LogP contribution in [0.3, 0.4) is 0 Å². The van der Waals surface area contributed by atoms with Gasteiger partial charge in [0.2, 0.25) is 0 Å². The number of hydrogen-bond acceptors (Lipinski definition) is 1. The van der Waals surface area contributed by atoms with Gasteiger partial charge in [-0.25, -0.2) is 0 Å². The highest BCUT2D eigenvalue weighted by Crippen LogP contribution is 2.39. The van der Waals surface area contributed by atoms with Crippen molar-refractivity contribution in [3.05, 3.63) is 34.3 Å². The topological polar surface area (TPSA) is 12.0 Å². The Bertz CT molecular complexity index is 371. The standard InChI is InChI=1S/C10H9Cl2N/c1-6-4-5-13-10-8(12)3-2-7(11)9(6)10/h2-3,13H,1,4-5H2. The summed E-state index contributed by atoms with van der Waals surface area (Å²) in [6, 6.07) is 3.61. The highest BCUT2D eigenvalue weighted by atomic mass is 35.5. The SMILES string of the molecule is C=C1CCNc2c(Cl)ccc(Cl)c21. The van der Waals surface area contributed by atoms with Crippen molar-refractivity contribution in [2.45, 2.75) is 6.42 Å². The van der Waals surface area contributed by atoms with E-state index in [0.29, 0.717) is 5.02 Å². The van der Waals surface area contributed by atoms with E-state index in [1.165, 1.54) is 0 Å². The van der Waals surface area contributed by atoms with E-state index in [1.807, 2.05) is 0 Å². The van der Waals surface area contributed by atoms with Gasteiger partial charge in [-0.2, -0.15) is 0 Å². The molecule has 0 atom stereocenters. The molecule has 0 aliphatic carbocycles. The van der Waals surface area contributed by atoms with Crippen LogP contribution in [0.4, 0.5) is 5.69 Å². The number of anilines is 1. The van der Waals surface area contributed by atoms with Crippen LogP contribution in [-0.4, -0.2) is 6.54 Å². The normalized spacial score (nSPS) is 15.1. The molecule has 1 aromatic carbocycles. The molecule has 0 fully saturated rings. The van der Waals surface area contributed by atoms with E-state index < -0.39 is 0 Å². The van der Waals surface area contributed by atoms with Crippen LogP contribution in [0.2, 0.25) is 10.0 Å². The summed E-state index contributed by atoms with van der Waals surface area (Å²) in [6.07, 6.45) is 0.924. The zero-order chi connectivity index (χ0) is 9.42. The van der Waals surface area contributed by atoms with Gasteiger partial charge in [-0.05, 0) is 24.1 Å². The van der Waals surface area contributed by atoms with Crippen molar-refractivity contribution in [2.75, 3.05) is 11.9 Å². The van der Waals surface area contributed by atoms with Crippen LogP contribution in [0, 0.1) is 0 Å². The Morgan fingerprint density at radius 2 is 1.92 bits per heavy atom. The second-order valence-electron chi connectivity index (χ2n) is 3.06. The minimum Gasteiger partial charge on any atom is -0.383 e. The second-order valence-corrected chi connectivity index (χ2v) is 3.87. The summed E-state index contributed by atoms with van der Waals surface area (Å²) in [5, 5.41) is 4.65. The van der Waals surface area contributed by atoms with Crippen molar-refractivity contribution in [3.63, 3.8) is 0 Å². The van der Waals surface area contributed by atoms with Crippen molar-refractivity contribution in [2.24, 2.45) is 0 Å². The summed E-state index contributed by atoms with van der Waals surface area (Å²) in [4.78, 5) is 0. The Morgan fingerprint density at radius 3 is 2.62 bits per heavy atom. The number of hydrogen-bond donors (Lipinski definition) is 1. The third-order valence-corrected chi connectivity index (χ3v) is 2.82. The average Bonchev–Trinajstić information content (AvgIpc) is 2.12. The lowest BCUT2D eigenvalue weighted by atomic mass is 9.99. The van der Waals surface area contributed by atoms with Crippen LogP contribution < -0.4 is 5.32 Å². The van der Waals surface area contributed by atoms with Gasteiger partial charge in [-0.1, -0.05) is 29.8 Å². The molecule has 1 aliphatic rings. The van der Waals surface area contributed by atoms with E-state index >= 15 is 0 Å². The number of benzene rings is 1. The Balaban J connectivity index is 2.67. The van der Waals surface area contributed by atoms with Gasteiger partial charge >= 0.3 is 0 Å². The molecule has 1 nitrogen and oxygen atoms in total. The second kappa shape index (κ2) is 3.24. The first kappa shape index (κ1) is 8.92. The summed E-state index contributed by atoms with van der Waals surface area (Å²) in [5.41, 5.74) is 2.95. The van der Waals surface area contributed by atoms with Gasteiger partial charge in [-0.3, -0.25) is 0 Å². The largest absolute Gasteiger partial charge is 0.383 e. The fourth-order valence-corrected chi connectivity index (χ4v) is 2.05. The van der Waals surface area contributed by atoms with Crippen LogP contribution in [0.15, 0.2) is 18.7 Å². The Morgan fingerprint density at radius 1 is 1.23 bits per heavy atom. The predicted molar refractivity (Wildman–Crippen MR) is 58.6 cm³/mol. The van der Waals surface area contributed by atoms with E-state index in [9.17, 15) is 0 Å². The molecule has 68 valence electrons. The van der Waals surface area contributed by atoms with E-state index in [4.69, 9.17) is 23.2 Å². The quantitative estimate of drug-likeness (QED) is 0.692. The molecule has 0 saturated carbocycles. The highest BCUT2D eigenvalue weighted by Gasteiger charge is 2.17. The number of rotatable bonds is 0. The van der Waals surface area contributed by atoms with E-state index in [2.05, 4.69) is 11.9 Å². The third kappa shape index (κ3) is 1.43. The first-order chi connectivity index (χ1) is 6.20. The minimum atomic E-state index is 0.709. The first-order valence-corrected chi connectivity index (χ1v) is 4.86. The molecule has 1 N–H and O–H groups in total. The molecule has 0 amide bonds. The Kier molecular flexibility index (Phi) is 2.22. The van der Waals surface area contributed by atoms with Crippen molar-refractivity contribution in [3.8, 4) is 0 Å². The van der Waals surface area contributed by atoms with Gasteiger partial charge in [0, 0.05) is 12.1 Å². The molecule has 1 heterocycles. The number of halogens is 2. The molecule has 3 heteroatoms. The molecule has 2 rings (SSSR count). The molecular formula is C10H9Cl2N. The maximum Gasteiger partial charge on any atom is 0.0644 e. The van der Waals surface area contributed by atoms with Crippen molar-refractivity contribution in [1.29, 1.82) is 0 Å². The van der Waals surface area contributed by atoms with Crippen molar-refractivity contribution >= 4 is 34.5 Å².